The van der Waals surface area contributed by atoms with Gasteiger partial charge >= 0.3 is 0 Å². The third-order valence-electron chi connectivity index (χ3n) is 4.01. The highest BCUT2D eigenvalue weighted by Crippen LogP contribution is 2.26. The van der Waals surface area contributed by atoms with Crippen LogP contribution in [0.4, 0.5) is 0 Å². The van der Waals surface area contributed by atoms with Crippen LogP contribution in [0.5, 0.6) is 5.75 Å². The number of thioether (sulfide) groups is 1. The Balaban J connectivity index is 1.69. The molecule has 0 saturated carbocycles. The fourth-order valence-electron chi connectivity index (χ4n) is 2.44. The standard InChI is InChI=1S/C16H25NO2S/c1-13(2-3-14-4-6-15(18)7-5-14)17-12-16(19)8-10-20-11-9-16/h4-7,13,17-19H,2-3,8-12H2,1H3. The van der Waals surface area contributed by atoms with Gasteiger partial charge in [-0.2, -0.15) is 11.8 Å². The van der Waals surface area contributed by atoms with Crippen molar-refractivity contribution in [3.8, 4) is 5.75 Å². The fourth-order valence-corrected chi connectivity index (χ4v) is 3.69. The number of benzene rings is 1. The number of rotatable bonds is 6. The molecule has 1 aromatic rings. The minimum atomic E-state index is -0.502. The highest BCUT2D eigenvalue weighted by atomic mass is 32.2. The SMILES string of the molecule is CC(CCc1ccc(O)cc1)NCC1(O)CCSCC1. The Labute approximate surface area is 125 Å². The molecule has 1 unspecified atom stereocenters. The lowest BCUT2D eigenvalue weighted by molar-refractivity contribution is 0.0298. The number of aliphatic hydroxyl groups is 1. The normalized spacial score (nSPS) is 19.7. The molecule has 112 valence electrons. The van der Waals surface area contributed by atoms with Crippen molar-refractivity contribution in [2.24, 2.45) is 0 Å². The second-order valence-corrected chi connectivity index (χ2v) is 7.05. The average molecular weight is 295 g/mol. The Morgan fingerprint density at radius 1 is 1.25 bits per heavy atom. The molecule has 1 fully saturated rings. The smallest absolute Gasteiger partial charge is 0.115 e. The van der Waals surface area contributed by atoms with Crippen LogP contribution in [-0.2, 0) is 6.42 Å². The Hall–Kier alpha value is -0.710. The van der Waals surface area contributed by atoms with Crippen LogP contribution in [-0.4, -0.2) is 39.9 Å². The van der Waals surface area contributed by atoms with Crippen molar-refractivity contribution < 1.29 is 10.2 Å². The predicted octanol–water partition coefficient (Wildman–Crippen LogP) is 2.56. The summed E-state index contributed by atoms with van der Waals surface area (Å²) in [5.41, 5.74) is 0.738. The van der Waals surface area contributed by atoms with Gasteiger partial charge in [-0.05, 0) is 61.8 Å². The molecule has 0 radical (unpaired) electrons. The topological polar surface area (TPSA) is 52.5 Å². The summed E-state index contributed by atoms with van der Waals surface area (Å²) < 4.78 is 0. The van der Waals surface area contributed by atoms with E-state index in [0.29, 0.717) is 18.3 Å². The maximum absolute atomic E-state index is 10.4. The third kappa shape index (κ3) is 5.00. The molecule has 1 heterocycles. The van der Waals surface area contributed by atoms with E-state index in [1.165, 1.54) is 5.56 Å². The molecule has 4 heteroatoms. The van der Waals surface area contributed by atoms with Crippen LogP contribution in [0.1, 0.15) is 31.7 Å². The number of aromatic hydroxyl groups is 1. The summed E-state index contributed by atoms with van der Waals surface area (Å²) in [4.78, 5) is 0. The molecular formula is C16H25NO2S. The van der Waals surface area contributed by atoms with Gasteiger partial charge in [0.05, 0.1) is 5.60 Å². The van der Waals surface area contributed by atoms with Crippen LogP contribution in [0.3, 0.4) is 0 Å². The Morgan fingerprint density at radius 2 is 1.90 bits per heavy atom. The van der Waals surface area contributed by atoms with Gasteiger partial charge in [-0.15, -0.1) is 0 Å². The molecule has 0 aromatic heterocycles. The first-order chi connectivity index (χ1) is 9.57. The largest absolute Gasteiger partial charge is 0.508 e. The monoisotopic (exact) mass is 295 g/mol. The molecule has 0 bridgehead atoms. The van der Waals surface area contributed by atoms with Crippen molar-refractivity contribution in [1.82, 2.24) is 5.32 Å². The maximum Gasteiger partial charge on any atom is 0.115 e. The molecule has 1 atom stereocenters. The lowest BCUT2D eigenvalue weighted by Gasteiger charge is -2.33. The van der Waals surface area contributed by atoms with Crippen LogP contribution in [0.25, 0.3) is 0 Å². The van der Waals surface area contributed by atoms with E-state index in [2.05, 4.69) is 12.2 Å². The minimum Gasteiger partial charge on any atom is -0.508 e. The second-order valence-electron chi connectivity index (χ2n) is 5.82. The number of hydrogen-bond acceptors (Lipinski definition) is 4. The molecule has 1 saturated heterocycles. The number of nitrogens with one attached hydrogen (secondary N) is 1. The van der Waals surface area contributed by atoms with E-state index in [0.717, 1.165) is 37.2 Å². The van der Waals surface area contributed by atoms with Crippen LogP contribution < -0.4 is 5.32 Å². The van der Waals surface area contributed by atoms with Gasteiger partial charge in [-0.3, -0.25) is 0 Å². The summed E-state index contributed by atoms with van der Waals surface area (Å²) in [6.07, 6.45) is 3.82. The first-order valence-corrected chi connectivity index (χ1v) is 8.54. The minimum absolute atomic E-state index is 0.317. The molecule has 3 nitrogen and oxygen atoms in total. The zero-order valence-corrected chi connectivity index (χ0v) is 13.0. The third-order valence-corrected chi connectivity index (χ3v) is 4.99. The first-order valence-electron chi connectivity index (χ1n) is 7.39. The number of aryl methyl sites for hydroxylation is 1. The summed E-state index contributed by atoms with van der Waals surface area (Å²) in [6.45, 7) is 2.87. The van der Waals surface area contributed by atoms with E-state index in [-0.39, 0.29) is 0 Å². The van der Waals surface area contributed by atoms with Gasteiger partial charge < -0.3 is 15.5 Å². The average Bonchev–Trinajstić information content (AvgIpc) is 2.45. The van der Waals surface area contributed by atoms with Gasteiger partial charge in [0.15, 0.2) is 0 Å². The van der Waals surface area contributed by atoms with Gasteiger partial charge in [0.25, 0.3) is 0 Å². The second kappa shape index (κ2) is 7.34. The summed E-state index contributed by atoms with van der Waals surface area (Å²) >= 11 is 1.93. The molecule has 0 aliphatic carbocycles. The van der Waals surface area contributed by atoms with E-state index in [1.807, 2.05) is 23.9 Å². The summed E-state index contributed by atoms with van der Waals surface area (Å²) in [6, 6.07) is 7.79. The van der Waals surface area contributed by atoms with E-state index >= 15 is 0 Å². The molecule has 0 amide bonds. The van der Waals surface area contributed by atoms with Gasteiger partial charge in [-0.25, -0.2) is 0 Å². The Bertz CT molecular complexity index is 401. The quantitative estimate of drug-likeness (QED) is 0.755. The lowest BCUT2D eigenvalue weighted by atomic mass is 9.96. The molecule has 3 N–H and O–H groups in total. The summed E-state index contributed by atoms with van der Waals surface area (Å²) in [7, 11) is 0. The fraction of sp³-hybridized carbons (Fsp3) is 0.625. The van der Waals surface area contributed by atoms with Crippen LogP contribution in [0.15, 0.2) is 24.3 Å². The van der Waals surface area contributed by atoms with E-state index in [9.17, 15) is 10.2 Å². The highest BCUT2D eigenvalue weighted by molar-refractivity contribution is 7.99. The Morgan fingerprint density at radius 3 is 2.55 bits per heavy atom. The van der Waals surface area contributed by atoms with Crippen LogP contribution in [0, 0.1) is 0 Å². The molecule has 1 aliphatic heterocycles. The molecule has 20 heavy (non-hydrogen) atoms. The highest BCUT2D eigenvalue weighted by Gasteiger charge is 2.29. The van der Waals surface area contributed by atoms with Crippen molar-refractivity contribution in [2.45, 2.75) is 44.2 Å². The van der Waals surface area contributed by atoms with Gasteiger partial charge in [0.2, 0.25) is 0 Å². The van der Waals surface area contributed by atoms with E-state index in [1.54, 1.807) is 12.1 Å². The number of hydrogen-bond donors (Lipinski definition) is 3. The lowest BCUT2D eigenvalue weighted by Crippen LogP contribution is -2.46. The van der Waals surface area contributed by atoms with E-state index < -0.39 is 5.60 Å². The van der Waals surface area contributed by atoms with Gasteiger partial charge in [-0.1, -0.05) is 12.1 Å². The van der Waals surface area contributed by atoms with Gasteiger partial charge in [0.1, 0.15) is 5.75 Å². The van der Waals surface area contributed by atoms with E-state index in [4.69, 9.17) is 0 Å². The van der Waals surface area contributed by atoms with Crippen LogP contribution >= 0.6 is 11.8 Å². The van der Waals surface area contributed by atoms with Crippen LogP contribution in [0.2, 0.25) is 0 Å². The summed E-state index contributed by atoms with van der Waals surface area (Å²) in [5, 5.41) is 23.1. The molecular weight excluding hydrogens is 270 g/mol. The van der Waals surface area contributed by atoms with Crippen molar-refractivity contribution in [3.63, 3.8) is 0 Å². The summed E-state index contributed by atoms with van der Waals surface area (Å²) in [5.74, 6) is 2.46. The molecule has 1 aliphatic rings. The number of phenolic OH excluding ortho intramolecular Hbond substituents is 1. The molecule has 1 aromatic carbocycles. The van der Waals surface area contributed by atoms with Crippen molar-refractivity contribution in [1.29, 1.82) is 0 Å². The van der Waals surface area contributed by atoms with Gasteiger partial charge in [0, 0.05) is 12.6 Å². The predicted molar refractivity (Wildman–Crippen MR) is 85.4 cm³/mol. The maximum atomic E-state index is 10.4. The van der Waals surface area contributed by atoms with Crippen molar-refractivity contribution in [2.75, 3.05) is 18.1 Å². The molecule has 2 rings (SSSR count). The Kier molecular flexibility index (Phi) is 5.75. The number of phenols is 1. The first kappa shape index (κ1) is 15.7. The molecule has 0 spiro atoms. The van der Waals surface area contributed by atoms with Crippen molar-refractivity contribution in [3.05, 3.63) is 29.8 Å². The zero-order valence-electron chi connectivity index (χ0n) is 12.1. The van der Waals surface area contributed by atoms with Crippen molar-refractivity contribution >= 4 is 11.8 Å². The zero-order chi connectivity index (χ0) is 14.4.